The van der Waals surface area contributed by atoms with Crippen molar-refractivity contribution in [3.63, 3.8) is 0 Å². The molecule has 0 radical (unpaired) electrons. The van der Waals surface area contributed by atoms with Gasteiger partial charge in [-0.25, -0.2) is 0 Å². The Kier molecular flexibility index (Phi) is 4.96. The third-order valence-corrected chi connectivity index (χ3v) is 13.4. The summed E-state index contributed by atoms with van der Waals surface area (Å²) >= 11 is 0. The Bertz CT molecular complexity index is 737. The van der Waals surface area contributed by atoms with E-state index in [-0.39, 0.29) is 5.41 Å². The first-order valence-electron chi connectivity index (χ1n) is 13.9. The summed E-state index contributed by atoms with van der Waals surface area (Å²) in [7, 11) is 0. The molecule has 0 heterocycles. The van der Waals surface area contributed by atoms with E-state index in [2.05, 4.69) is 48.5 Å². The third kappa shape index (κ3) is 2.65. The van der Waals surface area contributed by atoms with E-state index in [0.29, 0.717) is 33.5 Å². The molecule has 0 unspecified atom stereocenters. The normalized spacial score (nSPS) is 55.7. The highest BCUT2D eigenvalue weighted by Crippen LogP contribution is 2.77. The number of fused-ring (bicyclic) bond motifs is 7. The Hall–Kier alpha value is -0.330. The van der Waals surface area contributed by atoms with E-state index in [9.17, 15) is 4.79 Å². The van der Waals surface area contributed by atoms with Crippen molar-refractivity contribution in [3.05, 3.63) is 0 Å². The molecule has 5 aliphatic carbocycles. The van der Waals surface area contributed by atoms with Gasteiger partial charge in [-0.3, -0.25) is 0 Å². The van der Waals surface area contributed by atoms with Gasteiger partial charge in [0, 0.05) is 5.41 Å². The average Bonchev–Trinajstić information content (AvgIpc) is 3.08. The van der Waals surface area contributed by atoms with Crippen LogP contribution in [0.15, 0.2) is 0 Å². The van der Waals surface area contributed by atoms with E-state index in [4.69, 9.17) is 0 Å². The number of carbonyl (C=O) groups is 1. The van der Waals surface area contributed by atoms with Gasteiger partial charge in [-0.2, -0.15) is 0 Å². The van der Waals surface area contributed by atoms with Crippen LogP contribution in [-0.4, -0.2) is 6.29 Å². The summed E-state index contributed by atoms with van der Waals surface area (Å²) in [4.78, 5) is 13.0. The highest BCUT2D eigenvalue weighted by atomic mass is 16.1. The van der Waals surface area contributed by atoms with Gasteiger partial charge in [0.25, 0.3) is 0 Å². The lowest BCUT2D eigenvalue weighted by atomic mass is 9.32. The molecule has 5 aliphatic rings. The first-order valence-corrected chi connectivity index (χ1v) is 13.9. The number of hydrogen-bond donors (Lipinski definition) is 0. The van der Waals surface area contributed by atoms with Crippen LogP contribution in [0.4, 0.5) is 0 Å². The topological polar surface area (TPSA) is 17.1 Å². The minimum absolute atomic E-state index is 0.0144. The van der Waals surface area contributed by atoms with E-state index in [0.717, 1.165) is 23.7 Å². The van der Waals surface area contributed by atoms with Crippen LogP contribution in [0.25, 0.3) is 0 Å². The van der Waals surface area contributed by atoms with Gasteiger partial charge in [0.05, 0.1) is 0 Å². The van der Waals surface area contributed by atoms with E-state index >= 15 is 0 Å². The van der Waals surface area contributed by atoms with Crippen molar-refractivity contribution in [1.29, 1.82) is 0 Å². The molecule has 9 atom stereocenters. The molecular weight excluding hydrogens is 376 g/mol. The standard InChI is InChI=1S/C30H50O/c1-20(2)21-11-18-30(19-31)22(21)12-16-29(7)25(30)10-9-24-27(5)15-8-14-26(3,4)23(27)13-17-28(24,29)6/h19-25H,8-18H2,1-7H3/t21-,22+,23+,24-,25+,27+,28-,29-,30-/m1/s1. The van der Waals surface area contributed by atoms with Crippen molar-refractivity contribution < 1.29 is 4.79 Å². The largest absolute Gasteiger partial charge is 0.303 e. The Morgan fingerprint density at radius 3 is 2.03 bits per heavy atom. The van der Waals surface area contributed by atoms with Gasteiger partial charge < -0.3 is 4.79 Å². The minimum Gasteiger partial charge on any atom is -0.303 e. The quantitative estimate of drug-likeness (QED) is 0.406. The van der Waals surface area contributed by atoms with Crippen molar-refractivity contribution in [2.45, 2.75) is 119 Å². The molecule has 0 aliphatic heterocycles. The highest BCUT2D eigenvalue weighted by Gasteiger charge is 2.71. The van der Waals surface area contributed by atoms with Crippen molar-refractivity contribution >= 4 is 6.29 Å². The Labute approximate surface area is 192 Å². The molecule has 0 aromatic carbocycles. The molecule has 5 rings (SSSR count). The maximum atomic E-state index is 13.0. The zero-order valence-electron chi connectivity index (χ0n) is 21.7. The summed E-state index contributed by atoms with van der Waals surface area (Å²) in [5, 5.41) is 0. The van der Waals surface area contributed by atoms with E-state index < -0.39 is 0 Å². The summed E-state index contributed by atoms with van der Waals surface area (Å²) < 4.78 is 0. The van der Waals surface area contributed by atoms with Crippen LogP contribution in [0.2, 0.25) is 0 Å². The average molecular weight is 427 g/mol. The first-order chi connectivity index (χ1) is 14.5. The van der Waals surface area contributed by atoms with Crippen LogP contribution in [0, 0.1) is 62.6 Å². The van der Waals surface area contributed by atoms with Crippen LogP contribution >= 0.6 is 0 Å². The molecule has 1 nitrogen and oxygen atoms in total. The predicted octanol–water partition coefficient (Wildman–Crippen LogP) is 8.31. The third-order valence-electron chi connectivity index (χ3n) is 13.4. The van der Waals surface area contributed by atoms with Gasteiger partial charge in [0.15, 0.2) is 0 Å². The maximum absolute atomic E-state index is 13.0. The lowest BCUT2D eigenvalue weighted by Gasteiger charge is -2.72. The van der Waals surface area contributed by atoms with Crippen LogP contribution in [0.5, 0.6) is 0 Å². The molecule has 0 N–H and O–H groups in total. The first kappa shape index (κ1) is 22.5. The molecular formula is C30H50O. The van der Waals surface area contributed by atoms with E-state index in [1.54, 1.807) is 0 Å². The maximum Gasteiger partial charge on any atom is 0.126 e. The molecule has 0 aromatic rings. The minimum atomic E-state index is -0.0144. The van der Waals surface area contributed by atoms with Gasteiger partial charge >= 0.3 is 0 Å². The zero-order chi connectivity index (χ0) is 22.4. The molecule has 31 heavy (non-hydrogen) atoms. The van der Waals surface area contributed by atoms with Crippen molar-refractivity contribution in [3.8, 4) is 0 Å². The fraction of sp³-hybridized carbons (Fsp3) is 0.967. The number of rotatable bonds is 2. The molecule has 0 spiro atoms. The SMILES string of the molecule is CC(C)[C@H]1CC[C@]2(C=O)[C@H]3CC[C@@H]4[C@@]5(C)CCCC(C)(C)[C@@H]5CC[C@@]4(C)[C@]3(C)CC[C@@H]12. The van der Waals surface area contributed by atoms with Gasteiger partial charge in [-0.1, -0.05) is 54.9 Å². The van der Waals surface area contributed by atoms with Crippen LogP contribution in [0.1, 0.15) is 119 Å². The molecule has 1 heteroatoms. The van der Waals surface area contributed by atoms with E-state index in [1.807, 2.05) is 0 Å². The summed E-state index contributed by atoms with van der Waals surface area (Å²) in [5.74, 6) is 4.51. The lowest BCUT2D eigenvalue weighted by Crippen LogP contribution is -2.66. The van der Waals surface area contributed by atoms with Crippen LogP contribution < -0.4 is 0 Å². The monoisotopic (exact) mass is 426 g/mol. The van der Waals surface area contributed by atoms with Crippen LogP contribution in [-0.2, 0) is 4.79 Å². The van der Waals surface area contributed by atoms with Crippen LogP contribution in [0.3, 0.4) is 0 Å². The second kappa shape index (κ2) is 6.85. The fourth-order valence-electron chi connectivity index (χ4n) is 12.0. The van der Waals surface area contributed by atoms with Gasteiger partial charge in [0.2, 0.25) is 0 Å². The molecule has 5 fully saturated rings. The Balaban J connectivity index is 1.55. The highest BCUT2D eigenvalue weighted by molar-refractivity contribution is 5.62. The molecule has 0 amide bonds. The second-order valence-electron chi connectivity index (χ2n) is 14.8. The van der Waals surface area contributed by atoms with Crippen molar-refractivity contribution in [2.24, 2.45) is 62.6 Å². The molecule has 0 saturated heterocycles. The number of hydrogen-bond acceptors (Lipinski definition) is 1. The summed E-state index contributed by atoms with van der Waals surface area (Å²) in [6, 6.07) is 0. The van der Waals surface area contributed by atoms with Gasteiger partial charge in [-0.05, 0) is 121 Å². The molecule has 0 aromatic heterocycles. The van der Waals surface area contributed by atoms with Crippen molar-refractivity contribution in [2.75, 3.05) is 0 Å². The molecule has 176 valence electrons. The lowest BCUT2D eigenvalue weighted by molar-refractivity contribution is -0.239. The predicted molar refractivity (Wildman–Crippen MR) is 130 cm³/mol. The second-order valence-corrected chi connectivity index (χ2v) is 14.8. The number of aldehydes is 1. The zero-order valence-corrected chi connectivity index (χ0v) is 21.7. The summed E-state index contributed by atoms with van der Waals surface area (Å²) in [5.41, 5.74) is 1.74. The van der Waals surface area contributed by atoms with Crippen molar-refractivity contribution in [1.82, 2.24) is 0 Å². The van der Waals surface area contributed by atoms with Gasteiger partial charge in [0.1, 0.15) is 6.29 Å². The summed E-state index contributed by atoms with van der Waals surface area (Å²) in [6.07, 6.45) is 16.5. The summed E-state index contributed by atoms with van der Waals surface area (Å²) in [6.45, 7) is 18.0. The molecule has 5 saturated carbocycles. The fourth-order valence-corrected chi connectivity index (χ4v) is 12.0. The Morgan fingerprint density at radius 2 is 1.35 bits per heavy atom. The Morgan fingerprint density at radius 1 is 0.710 bits per heavy atom. The van der Waals surface area contributed by atoms with Gasteiger partial charge in [-0.15, -0.1) is 0 Å². The number of carbonyl (C=O) groups excluding carboxylic acids is 1. The smallest absolute Gasteiger partial charge is 0.126 e. The van der Waals surface area contributed by atoms with E-state index in [1.165, 1.54) is 76.9 Å². The molecule has 0 bridgehead atoms.